The molecule has 0 radical (unpaired) electrons. The normalized spacial score (nSPS) is 15.6. The van der Waals surface area contributed by atoms with Gasteiger partial charge in [0.2, 0.25) is 11.7 Å². The lowest BCUT2D eigenvalue weighted by molar-refractivity contribution is -0.127. The molecule has 4 aromatic rings. The predicted molar refractivity (Wildman–Crippen MR) is 136 cm³/mol. The summed E-state index contributed by atoms with van der Waals surface area (Å²) in [4.78, 5) is 25.3. The number of aryl methyl sites for hydroxylation is 1. The van der Waals surface area contributed by atoms with Gasteiger partial charge in [-0.25, -0.2) is 9.97 Å². The van der Waals surface area contributed by atoms with E-state index in [0.717, 1.165) is 41.3 Å². The van der Waals surface area contributed by atoms with E-state index in [1.54, 1.807) is 6.20 Å². The number of likely N-dealkylation sites (tertiary alicyclic amines) is 1. The van der Waals surface area contributed by atoms with Crippen molar-refractivity contribution >= 4 is 34.0 Å². The second kappa shape index (κ2) is 10.0. The molecule has 1 aromatic carbocycles. The lowest BCUT2D eigenvalue weighted by atomic mass is 10.1. The number of rotatable bonds is 7. The number of pyridine rings is 1. The van der Waals surface area contributed by atoms with Gasteiger partial charge in [0.25, 0.3) is 0 Å². The van der Waals surface area contributed by atoms with Crippen molar-refractivity contribution in [2.75, 3.05) is 23.7 Å². The first-order valence-electron chi connectivity index (χ1n) is 11.3. The van der Waals surface area contributed by atoms with Crippen LogP contribution < -0.4 is 10.6 Å². The summed E-state index contributed by atoms with van der Waals surface area (Å²) in [5.41, 5.74) is 1.90. The highest BCUT2D eigenvalue weighted by atomic mass is 32.1. The Labute approximate surface area is 206 Å². The summed E-state index contributed by atoms with van der Waals surface area (Å²) in [5.74, 6) is 1.92. The molecule has 1 amide bonds. The second-order valence-corrected chi connectivity index (χ2v) is 9.31. The number of nitrogens with one attached hydrogen (secondary N) is 2. The van der Waals surface area contributed by atoms with Crippen molar-refractivity contribution in [1.82, 2.24) is 35.1 Å². The van der Waals surface area contributed by atoms with Gasteiger partial charge in [-0.2, -0.15) is 0 Å². The smallest absolute Gasteiger partial charge is 0.246 e. The number of anilines is 3. The summed E-state index contributed by atoms with van der Waals surface area (Å²) in [5, 5.41) is 20.2. The van der Waals surface area contributed by atoms with Gasteiger partial charge in [0.1, 0.15) is 11.6 Å². The van der Waals surface area contributed by atoms with E-state index in [-0.39, 0.29) is 11.9 Å². The molecule has 35 heavy (non-hydrogen) atoms. The zero-order valence-corrected chi connectivity index (χ0v) is 20.1. The molecule has 1 fully saturated rings. The van der Waals surface area contributed by atoms with Gasteiger partial charge in [-0.3, -0.25) is 4.79 Å². The van der Waals surface area contributed by atoms with E-state index in [0.29, 0.717) is 23.3 Å². The number of tetrazole rings is 1. The third kappa shape index (κ3) is 5.35. The summed E-state index contributed by atoms with van der Waals surface area (Å²) >= 11 is 1.43. The standard InChI is InChI=1S/C24H25N9OS/c1-3-22(34)32-11-7-8-17(15-32)26-20-12-16(2)13-21(27-20)28-24-25-14-19(35-24)23-29-31-33(30-23)18-9-5-4-6-10-18/h3-6,9-10,12-14,17H,1,7-8,11,15H2,2H3,(H2,25,26,27,28)/t17-/m0/s1. The molecule has 2 N–H and O–H groups in total. The minimum Gasteiger partial charge on any atom is -0.365 e. The Morgan fingerprint density at radius 1 is 1.23 bits per heavy atom. The van der Waals surface area contributed by atoms with Gasteiger partial charge >= 0.3 is 0 Å². The number of carbonyl (C=O) groups excluding carboxylic acids is 1. The van der Waals surface area contributed by atoms with Crippen LogP contribution in [0.15, 0.2) is 61.3 Å². The number of piperidine rings is 1. The molecule has 1 aliphatic heterocycles. The molecule has 0 aliphatic carbocycles. The monoisotopic (exact) mass is 487 g/mol. The van der Waals surface area contributed by atoms with E-state index >= 15 is 0 Å². The third-order valence-corrected chi connectivity index (χ3v) is 6.50. The molecule has 178 valence electrons. The van der Waals surface area contributed by atoms with Crippen molar-refractivity contribution in [2.45, 2.75) is 25.8 Å². The van der Waals surface area contributed by atoms with Gasteiger partial charge in [-0.05, 0) is 60.9 Å². The van der Waals surface area contributed by atoms with Crippen molar-refractivity contribution < 1.29 is 4.79 Å². The van der Waals surface area contributed by atoms with Crippen LogP contribution in [0.2, 0.25) is 0 Å². The SMILES string of the molecule is C=CC(=O)N1CCC[C@H](Nc2cc(C)cc(Nc3ncc(-c4nnn(-c5ccccc5)n4)s3)n2)C1. The number of hydrogen-bond donors (Lipinski definition) is 2. The molecule has 0 unspecified atom stereocenters. The molecule has 3 aromatic heterocycles. The molecule has 4 heterocycles. The number of benzene rings is 1. The number of thiazole rings is 1. The van der Waals surface area contributed by atoms with Crippen molar-refractivity contribution in [3.8, 4) is 16.4 Å². The van der Waals surface area contributed by atoms with E-state index in [1.807, 2.05) is 54.3 Å². The van der Waals surface area contributed by atoms with Crippen LogP contribution in [0.25, 0.3) is 16.4 Å². The summed E-state index contributed by atoms with van der Waals surface area (Å²) in [6, 6.07) is 13.7. The average Bonchev–Trinajstić information content (AvgIpc) is 3.54. The Balaban J connectivity index is 1.27. The van der Waals surface area contributed by atoms with Crippen molar-refractivity contribution in [2.24, 2.45) is 0 Å². The topological polar surface area (TPSA) is 114 Å². The first kappa shape index (κ1) is 22.7. The van der Waals surface area contributed by atoms with Crippen LogP contribution >= 0.6 is 11.3 Å². The first-order chi connectivity index (χ1) is 17.1. The van der Waals surface area contributed by atoms with Gasteiger partial charge in [-0.15, -0.1) is 15.0 Å². The van der Waals surface area contributed by atoms with Crippen molar-refractivity contribution in [3.05, 3.63) is 66.9 Å². The molecule has 0 bridgehead atoms. The summed E-state index contributed by atoms with van der Waals surface area (Å²) in [7, 11) is 0. The average molecular weight is 488 g/mol. The third-order valence-electron chi connectivity index (χ3n) is 5.59. The first-order valence-corrected chi connectivity index (χ1v) is 12.1. The van der Waals surface area contributed by atoms with E-state index < -0.39 is 0 Å². The number of para-hydroxylation sites is 1. The Kier molecular flexibility index (Phi) is 6.49. The van der Waals surface area contributed by atoms with Crippen LogP contribution in [0.1, 0.15) is 18.4 Å². The highest BCUT2D eigenvalue weighted by Gasteiger charge is 2.22. The van der Waals surface area contributed by atoms with Crippen LogP contribution in [0, 0.1) is 6.92 Å². The Hall–Kier alpha value is -4.12. The highest BCUT2D eigenvalue weighted by molar-refractivity contribution is 7.18. The van der Waals surface area contributed by atoms with Gasteiger partial charge in [0.05, 0.1) is 16.8 Å². The predicted octanol–water partition coefficient (Wildman–Crippen LogP) is 3.82. The number of aromatic nitrogens is 6. The highest BCUT2D eigenvalue weighted by Crippen LogP contribution is 2.29. The lowest BCUT2D eigenvalue weighted by Gasteiger charge is -2.32. The molecule has 1 aliphatic rings. The fourth-order valence-electron chi connectivity index (χ4n) is 3.97. The fraction of sp³-hybridized carbons (Fsp3) is 0.250. The number of carbonyl (C=O) groups is 1. The van der Waals surface area contributed by atoms with Gasteiger partial charge in [-0.1, -0.05) is 36.1 Å². The molecule has 0 spiro atoms. The van der Waals surface area contributed by atoms with Crippen LogP contribution in [0.3, 0.4) is 0 Å². The minimum atomic E-state index is -0.0334. The second-order valence-electron chi connectivity index (χ2n) is 8.28. The summed E-state index contributed by atoms with van der Waals surface area (Å²) in [6.45, 7) is 7.01. The lowest BCUT2D eigenvalue weighted by Crippen LogP contribution is -2.44. The van der Waals surface area contributed by atoms with Gasteiger partial charge in [0.15, 0.2) is 5.13 Å². The van der Waals surface area contributed by atoms with Gasteiger partial charge < -0.3 is 15.5 Å². The van der Waals surface area contributed by atoms with Crippen LogP contribution in [-0.2, 0) is 4.79 Å². The van der Waals surface area contributed by atoms with Gasteiger partial charge in [0, 0.05) is 19.1 Å². The van der Waals surface area contributed by atoms with E-state index in [4.69, 9.17) is 4.98 Å². The maximum absolute atomic E-state index is 12.0. The zero-order valence-electron chi connectivity index (χ0n) is 19.3. The number of amides is 1. The quantitative estimate of drug-likeness (QED) is 0.378. The van der Waals surface area contributed by atoms with Crippen LogP contribution in [-0.4, -0.2) is 60.1 Å². The largest absolute Gasteiger partial charge is 0.365 e. The van der Waals surface area contributed by atoms with E-state index in [1.165, 1.54) is 22.2 Å². The van der Waals surface area contributed by atoms with E-state index in [2.05, 4.69) is 37.6 Å². The number of hydrogen-bond acceptors (Lipinski definition) is 9. The maximum Gasteiger partial charge on any atom is 0.246 e. The van der Waals surface area contributed by atoms with E-state index in [9.17, 15) is 4.79 Å². The molecular weight excluding hydrogens is 462 g/mol. The molecule has 0 saturated carbocycles. The maximum atomic E-state index is 12.0. The minimum absolute atomic E-state index is 0.0334. The molecule has 11 heteroatoms. The fourth-order valence-corrected chi connectivity index (χ4v) is 4.71. The molecular formula is C24H25N9OS. The summed E-state index contributed by atoms with van der Waals surface area (Å²) in [6.07, 6.45) is 5.02. The zero-order chi connectivity index (χ0) is 24.2. The van der Waals surface area contributed by atoms with Crippen molar-refractivity contribution in [3.63, 3.8) is 0 Å². The Morgan fingerprint density at radius 3 is 2.89 bits per heavy atom. The summed E-state index contributed by atoms with van der Waals surface area (Å²) < 4.78 is 0. The molecule has 10 nitrogen and oxygen atoms in total. The Bertz CT molecular complexity index is 1330. The Morgan fingerprint density at radius 2 is 2.06 bits per heavy atom. The van der Waals surface area contributed by atoms with Crippen LogP contribution in [0.4, 0.5) is 16.8 Å². The van der Waals surface area contributed by atoms with Crippen LogP contribution in [0.5, 0.6) is 0 Å². The molecule has 1 saturated heterocycles. The molecule has 5 rings (SSSR count). The van der Waals surface area contributed by atoms with Crippen molar-refractivity contribution in [1.29, 1.82) is 0 Å². The molecule has 1 atom stereocenters. The number of nitrogens with zero attached hydrogens (tertiary/aromatic N) is 7.